The minimum absolute atomic E-state index is 0.147. The Morgan fingerprint density at radius 2 is 1.74 bits per heavy atom. The first-order valence-corrected chi connectivity index (χ1v) is 8.76. The van der Waals surface area contributed by atoms with Gasteiger partial charge in [-0.15, -0.1) is 0 Å². The van der Waals surface area contributed by atoms with Crippen LogP contribution in [0, 0.1) is 12.8 Å². The Bertz CT molecular complexity index is 863. The number of rotatable bonds is 5. The molecule has 0 aromatic heterocycles. The highest BCUT2D eigenvalue weighted by Crippen LogP contribution is 2.38. The molecule has 0 unspecified atom stereocenters. The molecule has 1 N–H and O–H groups in total. The Morgan fingerprint density at radius 3 is 2.41 bits per heavy atom. The SMILES string of the molecule is COc1ccc(C)cc1C(=O)N1C[C@@H](C(=O)O)[C@H](c2ccccc2OC)C1. The van der Waals surface area contributed by atoms with Crippen molar-refractivity contribution < 1.29 is 24.2 Å². The summed E-state index contributed by atoms with van der Waals surface area (Å²) in [5.74, 6) is -1.05. The number of carbonyl (C=O) groups is 2. The van der Waals surface area contributed by atoms with Crippen LogP contribution in [0.2, 0.25) is 0 Å². The predicted octanol–water partition coefficient (Wildman–Crippen LogP) is 2.95. The summed E-state index contributed by atoms with van der Waals surface area (Å²) in [6, 6.07) is 12.8. The summed E-state index contributed by atoms with van der Waals surface area (Å²) in [6.45, 7) is 2.36. The van der Waals surface area contributed by atoms with Crippen LogP contribution in [0.25, 0.3) is 0 Å². The lowest BCUT2D eigenvalue weighted by molar-refractivity contribution is -0.141. The molecule has 1 heterocycles. The van der Waals surface area contributed by atoms with Gasteiger partial charge in [-0.1, -0.05) is 29.8 Å². The second-order valence-corrected chi connectivity index (χ2v) is 6.71. The average Bonchev–Trinajstić information content (AvgIpc) is 3.13. The lowest BCUT2D eigenvalue weighted by atomic mass is 9.88. The fraction of sp³-hybridized carbons (Fsp3) is 0.333. The smallest absolute Gasteiger partial charge is 0.308 e. The first-order chi connectivity index (χ1) is 13.0. The molecule has 1 amide bonds. The van der Waals surface area contributed by atoms with Crippen molar-refractivity contribution in [3.63, 3.8) is 0 Å². The van der Waals surface area contributed by atoms with Crippen LogP contribution >= 0.6 is 0 Å². The van der Waals surface area contributed by atoms with Crippen molar-refractivity contribution in [3.8, 4) is 11.5 Å². The summed E-state index contributed by atoms with van der Waals surface area (Å²) in [7, 11) is 3.08. The molecule has 1 aliphatic heterocycles. The van der Waals surface area contributed by atoms with Crippen LogP contribution in [0.3, 0.4) is 0 Å². The van der Waals surface area contributed by atoms with Gasteiger partial charge in [-0.25, -0.2) is 0 Å². The van der Waals surface area contributed by atoms with E-state index in [4.69, 9.17) is 9.47 Å². The molecule has 0 radical (unpaired) electrons. The molecule has 6 nitrogen and oxygen atoms in total. The monoisotopic (exact) mass is 369 g/mol. The number of ether oxygens (including phenoxy) is 2. The summed E-state index contributed by atoms with van der Waals surface area (Å²) >= 11 is 0. The zero-order valence-electron chi connectivity index (χ0n) is 15.6. The molecule has 0 saturated carbocycles. The molecule has 0 aliphatic carbocycles. The summed E-state index contributed by atoms with van der Waals surface area (Å²) in [4.78, 5) is 26.6. The van der Waals surface area contributed by atoms with Gasteiger partial charge < -0.3 is 19.5 Å². The van der Waals surface area contributed by atoms with Crippen molar-refractivity contribution in [2.45, 2.75) is 12.8 Å². The van der Waals surface area contributed by atoms with E-state index in [9.17, 15) is 14.7 Å². The number of aryl methyl sites for hydroxylation is 1. The second-order valence-electron chi connectivity index (χ2n) is 6.71. The first-order valence-electron chi connectivity index (χ1n) is 8.76. The third-order valence-corrected chi connectivity index (χ3v) is 5.05. The second kappa shape index (κ2) is 7.70. The van der Waals surface area contributed by atoms with Crippen LogP contribution in [0.5, 0.6) is 11.5 Å². The van der Waals surface area contributed by atoms with E-state index in [0.717, 1.165) is 11.1 Å². The van der Waals surface area contributed by atoms with Gasteiger partial charge in [0, 0.05) is 19.0 Å². The first kappa shape index (κ1) is 18.8. The maximum absolute atomic E-state index is 13.1. The summed E-state index contributed by atoms with van der Waals surface area (Å²) in [5, 5.41) is 9.72. The molecule has 1 aliphatic rings. The average molecular weight is 369 g/mol. The van der Waals surface area contributed by atoms with Crippen molar-refractivity contribution in [1.82, 2.24) is 4.90 Å². The standard InChI is InChI=1S/C21H23NO5/c1-13-8-9-19(27-3)15(10-13)20(23)22-11-16(17(12-22)21(24)25)14-6-4-5-7-18(14)26-2/h4-10,16-17H,11-12H2,1-3H3,(H,24,25)/t16-,17+/m0/s1. The van der Waals surface area contributed by atoms with E-state index in [-0.39, 0.29) is 18.4 Å². The Kier molecular flexibility index (Phi) is 5.35. The van der Waals surface area contributed by atoms with E-state index in [2.05, 4.69) is 0 Å². The molecular weight excluding hydrogens is 346 g/mol. The number of aliphatic carboxylic acids is 1. The Labute approximate surface area is 158 Å². The van der Waals surface area contributed by atoms with Crippen molar-refractivity contribution in [1.29, 1.82) is 0 Å². The lowest BCUT2D eigenvalue weighted by Crippen LogP contribution is -2.30. The number of methoxy groups -OCH3 is 2. The quantitative estimate of drug-likeness (QED) is 0.877. The zero-order chi connectivity index (χ0) is 19.6. The number of carboxylic acid groups (broad SMARTS) is 1. The van der Waals surface area contributed by atoms with Crippen LogP contribution in [-0.2, 0) is 4.79 Å². The minimum Gasteiger partial charge on any atom is -0.496 e. The number of para-hydroxylation sites is 1. The highest BCUT2D eigenvalue weighted by molar-refractivity contribution is 5.97. The Hall–Kier alpha value is -3.02. The zero-order valence-corrected chi connectivity index (χ0v) is 15.6. The molecule has 0 bridgehead atoms. The largest absolute Gasteiger partial charge is 0.496 e. The molecular formula is C21H23NO5. The number of hydrogen-bond acceptors (Lipinski definition) is 4. The number of carbonyl (C=O) groups excluding carboxylic acids is 1. The Balaban J connectivity index is 1.94. The number of amides is 1. The van der Waals surface area contributed by atoms with Crippen molar-refractivity contribution in [2.24, 2.45) is 5.92 Å². The van der Waals surface area contributed by atoms with Crippen LogP contribution in [0.1, 0.15) is 27.4 Å². The summed E-state index contributed by atoms with van der Waals surface area (Å²) < 4.78 is 10.7. The summed E-state index contributed by atoms with van der Waals surface area (Å²) in [6.07, 6.45) is 0. The molecule has 6 heteroatoms. The van der Waals surface area contributed by atoms with Crippen LogP contribution in [0.4, 0.5) is 0 Å². The van der Waals surface area contributed by atoms with E-state index < -0.39 is 11.9 Å². The van der Waals surface area contributed by atoms with Gasteiger partial charge in [-0.2, -0.15) is 0 Å². The number of benzene rings is 2. The molecule has 1 fully saturated rings. The van der Waals surface area contributed by atoms with E-state index in [1.54, 1.807) is 24.1 Å². The third-order valence-electron chi connectivity index (χ3n) is 5.05. The van der Waals surface area contributed by atoms with Crippen molar-refractivity contribution in [2.75, 3.05) is 27.3 Å². The van der Waals surface area contributed by atoms with Crippen LogP contribution < -0.4 is 9.47 Å². The topological polar surface area (TPSA) is 76.1 Å². The van der Waals surface area contributed by atoms with Gasteiger partial charge in [0.25, 0.3) is 5.91 Å². The van der Waals surface area contributed by atoms with Crippen LogP contribution in [-0.4, -0.2) is 49.2 Å². The van der Waals surface area contributed by atoms with Gasteiger partial charge in [0.05, 0.1) is 25.7 Å². The fourth-order valence-electron chi connectivity index (χ4n) is 3.67. The number of nitrogens with zero attached hydrogens (tertiary/aromatic N) is 1. The molecule has 27 heavy (non-hydrogen) atoms. The van der Waals surface area contributed by atoms with E-state index in [1.165, 1.54) is 7.11 Å². The van der Waals surface area contributed by atoms with Crippen LogP contribution in [0.15, 0.2) is 42.5 Å². The molecule has 1 saturated heterocycles. The van der Waals surface area contributed by atoms with Crippen molar-refractivity contribution in [3.05, 3.63) is 59.2 Å². The van der Waals surface area contributed by atoms with E-state index >= 15 is 0 Å². The third kappa shape index (κ3) is 3.60. The van der Waals surface area contributed by atoms with Gasteiger partial charge in [0.15, 0.2) is 0 Å². The molecule has 2 aromatic rings. The molecule has 2 atom stereocenters. The molecule has 3 rings (SSSR count). The Morgan fingerprint density at radius 1 is 1.04 bits per heavy atom. The minimum atomic E-state index is -0.919. The molecule has 2 aromatic carbocycles. The van der Waals surface area contributed by atoms with Gasteiger partial charge >= 0.3 is 5.97 Å². The van der Waals surface area contributed by atoms with E-state index in [1.807, 2.05) is 37.3 Å². The number of carboxylic acids is 1. The van der Waals surface area contributed by atoms with Gasteiger partial charge in [-0.05, 0) is 30.7 Å². The van der Waals surface area contributed by atoms with Crippen molar-refractivity contribution >= 4 is 11.9 Å². The fourth-order valence-corrected chi connectivity index (χ4v) is 3.67. The molecule has 0 spiro atoms. The maximum atomic E-state index is 13.1. The maximum Gasteiger partial charge on any atom is 0.308 e. The predicted molar refractivity (Wildman–Crippen MR) is 100 cm³/mol. The van der Waals surface area contributed by atoms with E-state index in [0.29, 0.717) is 23.6 Å². The van der Waals surface area contributed by atoms with Gasteiger partial charge in [0.2, 0.25) is 0 Å². The lowest BCUT2D eigenvalue weighted by Gasteiger charge is -2.19. The summed E-state index contributed by atoms with van der Waals surface area (Å²) in [5.41, 5.74) is 2.19. The van der Waals surface area contributed by atoms with Gasteiger partial charge in [-0.3, -0.25) is 9.59 Å². The molecule has 142 valence electrons. The normalized spacial score (nSPS) is 19.0. The number of likely N-dealkylation sites (tertiary alicyclic amines) is 1. The highest BCUT2D eigenvalue weighted by Gasteiger charge is 2.42. The number of hydrogen-bond donors (Lipinski definition) is 1. The van der Waals surface area contributed by atoms with Gasteiger partial charge in [0.1, 0.15) is 11.5 Å². The highest BCUT2D eigenvalue weighted by atomic mass is 16.5.